The standard InChI is InChI=1S/C20H22N4O3/c1-26-17-11-18(27-2)22-20-16(17)12-21-19(23-20)13-3-5-14(6-4-13)24-9-7-15(25)8-10-24/h3-6,11-12,15,25H,7-10H2,1-2H3. The molecule has 2 aromatic heterocycles. The van der Waals surface area contributed by atoms with Crippen molar-refractivity contribution in [3.05, 3.63) is 36.5 Å². The van der Waals surface area contributed by atoms with Crippen LogP contribution in [0.15, 0.2) is 36.5 Å². The Bertz CT molecular complexity index is 938. The van der Waals surface area contributed by atoms with Crippen molar-refractivity contribution in [2.24, 2.45) is 0 Å². The molecule has 4 rings (SSSR count). The Morgan fingerprint density at radius 1 is 1.04 bits per heavy atom. The first-order valence-corrected chi connectivity index (χ1v) is 8.97. The molecule has 1 aliphatic rings. The monoisotopic (exact) mass is 366 g/mol. The van der Waals surface area contributed by atoms with Crippen LogP contribution in [-0.2, 0) is 0 Å². The number of nitrogens with zero attached hydrogens (tertiary/aromatic N) is 4. The lowest BCUT2D eigenvalue weighted by molar-refractivity contribution is 0.145. The molecular formula is C20H22N4O3. The molecule has 3 aromatic rings. The van der Waals surface area contributed by atoms with Crippen molar-refractivity contribution in [3.63, 3.8) is 0 Å². The number of rotatable bonds is 4. The summed E-state index contributed by atoms with van der Waals surface area (Å²) < 4.78 is 10.6. The number of hydrogen-bond acceptors (Lipinski definition) is 7. The first kappa shape index (κ1) is 17.5. The van der Waals surface area contributed by atoms with Gasteiger partial charge in [-0.15, -0.1) is 0 Å². The molecule has 0 aliphatic carbocycles. The van der Waals surface area contributed by atoms with Crippen LogP contribution < -0.4 is 14.4 Å². The number of methoxy groups -OCH3 is 2. The number of aromatic nitrogens is 3. The summed E-state index contributed by atoms with van der Waals surface area (Å²) in [6, 6.07) is 9.88. The number of piperidine rings is 1. The number of ether oxygens (including phenoxy) is 2. The highest BCUT2D eigenvalue weighted by molar-refractivity contribution is 5.83. The first-order chi connectivity index (χ1) is 13.2. The molecule has 0 radical (unpaired) electrons. The van der Waals surface area contributed by atoms with E-state index in [0.29, 0.717) is 23.1 Å². The Hall–Kier alpha value is -2.93. The van der Waals surface area contributed by atoms with Crippen LogP contribution in [0, 0.1) is 0 Å². The van der Waals surface area contributed by atoms with E-state index in [4.69, 9.17) is 9.47 Å². The zero-order valence-electron chi connectivity index (χ0n) is 15.4. The van der Waals surface area contributed by atoms with Crippen LogP contribution in [0.1, 0.15) is 12.8 Å². The summed E-state index contributed by atoms with van der Waals surface area (Å²) in [4.78, 5) is 15.7. The Morgan fingerprint density at radius 3 is 2.44 bits per heavy atom. The number of aliphatic hydroxyl groups excluding tert-OH is 1. The zero-order chi connectivity index (χ0) is 18.8. The smallest absolute Gasteiger partial charge is 0.218 e. The molecule has 7 nitrogen and oxygen atoms in total. The van der Waals surface area contributed by atoms with Gasteiger partial charge in [0.05, 0.1) is 25.7 Å². The van der Waals surface area contributed by atoms with Gasteiger partial charge in [-0.25, -0.2) is 9.97 Å². The largest absolute Gasteiger partial charge is 0.496 e. The summed E-state index contributed by atoms with van der Waals surface area (Å²) in [6.45, 7) is 1.74. The van der Waals surface area contributed by atoms with Crippen LogP contribution in [0.25, 0.3) is 22.4 Å². The van der Waals surface area contributed by atoms with E-state index in [1.54, 1.807) is 26.5 Å². The van der Waals surface area contributed by atoms with Gasteiger partial charge in [-0.05, 0) is 37.1 Å². The summed E-state index contributed by atoms with van der Waals surface area (Å²) >= 11 is 0. The van der Waals surface area contributed by atoms with E-state index in [9.17, 15) is 5.11 Å². The van der Waals surface area contributed by atoms with Gasteiger partial charge in [0.2, 0.25) is 5.88 Å². The normalized spacial score (nSPS) is 15.1. The molecule has 140 valence electrons. The van der Waals surface area contributed by atoms with Crippen molar-refractivity contribution in [1.29, 1.82) is 0 Å². The molecule has 0 unspecified atom stereocenters. The minimum atomic E-state index is -0.173. The van der Waals surface area contributed by atoms with E-state index >= 15 is 0 Å². The van der Waals surface area contributed by atoms with Crippen LogP contribution in [0.3, 0.4) is 0 Å². The Morgan fingerprint density at radius 2 is 1.78 bits per heavy atom. The van der Waals surface area contributed by atoms with Gasteiger partial charge >= 0.3 is 0 Å². The van der Waals surface area contributed by atoms with Gasteiger partial charge in [0, 0.05) is 36.6 Å². The maximum atomic E-state index is 9.66. The highest BCUT2D eigenvalue weighted by Crippen LogP contribution is 2.29. The fourth-order valence-corrected chi connectivity index (χ4v) is 3.32. The number of anilines is 1. The molecule has 0 atom stereocenters. The molecule has 27 heavy (non-hydrogen) atoms. The van der Waals surface area contributed by atoms with E-state index in [0.717, 1.165) is 42.6 Å². The summed E-state index contributed by atoms with van der Waals surface area (Å²) in [5.74, 6) is 1.68. The summed E-state index contributed by atoms with van der Waals surface area (Å²) in [5, 5.41) is 10.4. The van der Waals surface area contributed by atoms with Crippen LogP contribution in [0.4, 0.5) is 5.69 Å². The van der Waals surface area contributed by atoms with Crippen molar-refractivity contribution < 1.29 is 14.6 Å². The van der Waals surface area contributed by atoms with Crippen molar-refractivity contribution >= 4 is 16.7 Å². The first-order valence-electron chi connectivity index (χ1n) is 8.97. The fourth-order valence-electron chi connectivity index (χ4n) is 3.32. The highest BCUT2D eigenvalue weighted by Gasteiger charge is 2.17. The van der Waals surface area contributed by atoms with E-state index in [1.807, 2.05) is 12.1 Å². The molecule has 1 fully saturated rings. The summed E-state index contributed by atoms with van der Waals surface area (Å²) in [7, 11) is 3.16. The topological polar surface area (TPSA) is 80.6 Å². The number of hydrogen-bond donors (Lipinski definition) is 1. The molecule has 1 aromatic carbocycles. The fraction of sp³-hybridized carbons (Fsp3) is 0.350. The van der Waals surface area contributed by atoms with E-state index in [-0.39, 0.29) is 6.10 Å². The number of benzene rings is 1. The highest BCUT2D eigenvalue weighted by atomic mass is 16.5. The van der Waals surface area contributed by atoms with Gasteiger partial charge in [0.15, 0.2) is 11.5 Å². The van der Waals surface area contributed by atoms with E-state index in [2.05, 4.69) is 32.0 Å². The van der Waals surface area contributed by atoms with Gasteiger partial charge in [0.25, 0.3) is 0 Å². The van der Waals surface area contributed by atoms with Crippen LogP contribution in [-0.4, -0.2) is 53.5 Å². The van der Waals surface area contributed by atoms with Crippen LogP contribution in [0.2, 0.25) is 0 Å². The molecule has 0 spiro atoms. The SMILES string of the molecule is COc1cc(OC)c2cnc(-c3ccc(N4CCC(O)CC4)cc3)nc2n1. The van der Waals surface area contributed by atoms with E-state index in [1.165, 1.54) is 0 Å². The van der Waals surface area contributed by atoms with Gasteiger partial charge in [-0.2, -0.15) is 4.98 Å². The van der Waals surface area contributed by atoms with Crippen LogP contribution >= 0.6 is 0 Å². The third-order valence-electron chi connectivity index (χ3n) is 4.89. The van der Waals surface area contributed by atoms with Gasteiger partial charge < -0.3 is 19.5 Å². The summed E-state index contributed by atoms with van der Waals surface area (Å²) in [5.41, 5.74) is 2.60. The maximum Gasteiger partial charge on any atom is 0.218 e. The number of aliphatic hydroxyl groups is 1. The Balaban J connectivity index is 1.64. The molecule has 1 saturated heterocycles. The van der Waals surface area contributed by atoms with Gasteiger partial charge in [-0.1, -0.05) is 0 Å². The minimum absolute atomic E-state index is 0.173. The van der Waals surface area contributed by atoms with Crippen LogP contribution in [0.5, 0.6) is 11.6 Å². The maximum absolute atomic E-state index is 9.66. The Kier molecular flexibility index (Phi) is 4.77. The molecule has 0 saturated carbocycles. The third kappa shape index (κ3) is 3.50. The average Bonchev–Trinajstić information content (AvgIpc) is 2.73. The van der Waals surface area contributed by atoms with E-state index < -0.39 is 0 Å². The number of pyridine rings is 1. The van der Waals surface area contributed by atoms with Crippen molar-refractivity contribution in [3.8, 4) is 23.0 Å². The lowest BCUT2D eigenvalue weighted by Gasteiger charge is -2.31. The molecule has 7 heteroatoms. The molecular weight excluding hydrogens is 344 g/mol. The lowest BCUT2D eigenvalue weighted by Crippen LogP contribution is -2.35. The molecule has 0 amide bonds. The van der Waals surface area contributed by atoms with Crippen molar-refractivity contribution in [2.45, 2.75) is 18.9 Å². The van der Waals surface area contributed by atoms with Gasteiger partial charge in [0.1, 0.15) is 5.75 Å². The second-order valence-corrected chi connectivity index (χ2v) is 6.56. The molecule has 1 N–H and O–H groups in total. The quantitative estimate of drug-likeness (QED) is 0.760. The van der Waals surface area contributed by atoms with Gasteiger partial charge in [-0.3, -0.25) is 0 Å². The summed E-state index contributed by atoms with van der Waals surface area (Å²) in [6.07, 6.45) is 3.17. The predicted octanol–water partition coefficient (Wildman–Crippen LogP) is 2.67. The second kappa shape index (κ2) is 7.36. The molecule has 0 bridgehead atoms. The lowest BCUT2D eigenvalue weighted by atomic mass is 10.1. The zero-order valence-corrected chi connectivity index (χ0v) is 15.4. The van der Waals surface area contributed by atoms with Crippen molar-refractivity contribution in [2.75, 3.05) is 32.2 Å². The Labute approximate surface area is 157 Å². The number of fused-ring (bicyclic) bond motifs is 1. The average molecular weight is 366 g/mol. The molecule has 3 heterocycles. The second-order valence-electron chi connectivity index (χ2n) is 6.56. The third-order valence-corrected chi connectivity index (χ3v) is 4.89. The molecule has 1 aliphatic heterocycles. The van der Waals surface area contributed by atoms with Crippen molar-refractivity contribution in [1.82, 2.24) is 15.0 Å². The minimum Gasteiger partial charge on any atom is -0.496 e. The predicted molar refractivity (Wildman–Crippen MR) is 103 cm³/mol.